The van der Waals surface area contributed by atoms with Gasteiger partial charge in [-0.05, 0) is 25.1 Å². The number of anilines is 4. The SMILES string of the molecule is Cc1nc(Nc2cccc(NC(=O)N3CCOCC3)c2)cc(N2CCOCC2)n1. The average Bonchev–Trinajstić information content (AvgIpc) is 2.75. The standard InChI is InChI=1S/C20H26N6O3/c1-15-21-18(14-19(22-15)25-5-9-28-10-6-25)23-16-3-2-4-17(13-16)24-20(27)26-7-11-29-12-8-26/h2-4,13-14H,5-12H2,1H3,(H,24,27)(H,21,22,23). The molecule has 2 aromatic rings. The molecule has 1 aromatic heterocycles. The molecule has 2 aliphatic rings. The highest BCUT2D eigenvalue weighted by molar-refractivity contribution is 5.90. The molecule has 2 amide bonds. The normalized spacial score (nSPS) is 17.1. The third-order valence-electron chi connectivity index (χ3n) is 4.84. The highest BCUT2D eigenvalue weighted by Crippen LogP contribution is 2.23. The van der Waals surface area contributed by atoms with Gasteiger partial charge in [0.05, 0.1) is 26.4 Å². The van der Waals surface area contributed by atoms with Crippen molar-refractivity contribution in [3.63, 3.8) is 0 Å². The van der Waals surface area contributed by atoms with Crippen LogP contribution < -0.4 is 15.5 Å². The van der Waals surface area contributed by atoms with Crippen LogP contribution in [-0.4, -0.2) is 73.5 Å². The van der Waals surface area contributed by atoms with Crippen molar-refractivity contribution < 1.29 is 14.3 Å². The Bertz CT molecular complexity index is 850. The van der Waals surface area contributed by atoms with Crippen LogP contribution in [0.4, 0.5) is 27.8 Å². The van der Waals surface area contributed by atoms with E-state index in [1.165, 1.54) is 0 Å². The van der Waals surface area contributed by atoms with Gasteiger partial charge in [0.1, 0.15) is 17.5 Å². The number of amides is 2. The minimum atomic E-state index is -0.113. The van der Waals surface area contributed by atoms with Gasteiger partial charge >= 0.3 is 6.03 Å². The number of carbonyl (C=O) groups excluding carboxylic acids is 1. The number of carbonyl (C=O) groups is 1. The maximum Gasteiger partial charge on any atom is 0.322 e. The molecule has 2 aliphatic heterocycles. The van der Waals surface area contributed by atoms with Crippen LogP contribution in [0.15, 0.2) is 30.3 Å². The van der Waals surface area contributed by atoms with Gasteiger partial charge < -0.3 is 29.9 Å². The molecule has 2 N–H and O–H groups in total. The molecule has 0 atom stereocenters. The van der Waals surface area contributed by atoms with Gasteiger partial charge in [0.15, 0.2) is 0 Å². The average molecular weight is 398 g/mol. The van der Waals surface area contributed by atoms with Crippen LogP contribution in [0, 0.1) is 6.92 Å². The number of nitrogens with zero attached hydrogens (tertiary/aromatic N) is 4. The maximum absolute atomic E-state index is 12.4. The van der Waals surface area contributed by atoms with Gasteiger partial charge in [-0.15, -0.1) is 0 Å². The Hall–Kier alpha value is -2.91. The number of rotatable bonds is 4. The Morgan fingerprint density at radius 3 is 2.41 bits per heavy atom. The number of ether oxygens (including phenoxy) is 2. The molecule has 9 nitrogen and oxygen atoms in total. The van der Waals surface area contributed by atoms with Crippen molar-refractivity contribution in [2.24, 2.45) is 0 Å². The summed E-state index contributed by atoms with van der Waals surface area (Å²) in [5, 5.41) is 6.27. The monoisotopic (exact) mass is 398 g/mol. The van der Waals surface area contributed by atoms with Gasteiger partial charge in [0.25, 0.3) is 0 Å². The number of aryl methyl sites for hydroxylation is 1. The largest absolute Gasteiger partial charge is 0.378 e. The molecular weight excluding hydrogens is 372 g/mol. The minimum absolute atomic E-state index is 0.113. The fourth-order valence-corrected chi connectivity index (χ4v) is 3.36. The quantitative estimate of drug-likeness (QED) is 0.816. The summed E-state index contributed by atoms with van der Waals surface area (Å²) < 4.78 is 10.7. The number of nitrogens with one attached hydrogen (secondary N) is 2. The Morgan fingerprint density at radius 2 is 1.66 bits per heavy atom. The van der Waals surface area contributed by atoms with E-state index in [1.54, 1.807) is 4.90 Å². The molecule has 0 saturated carbocycles. The van der Waals surface area contributed by atoms with E-state index < -0.39 is 0 Å². The summed E-state index contributed by atoms with van der Waals surface area (Å²) in [6.45, 7) is 7.29. The summed E-state index contributed by atoms with van der Waals surface area (Å²) in [7, 11) is 0. The highest BCUT2D eigenvalue weighted by atomic mass is 16.5. The molecule has 3 heterocycles. The van der Waals surface area contributed by atoms with Crippen molar-refractivity contribution in [1.29, 1.82) is 0 Å². The van der Waals surface area contributed by atoms with E-state index in [2.05, 4.69) is 25.5 Å². The van der Waals surface area contributed by atoms with Gasteiger partial charge in [0, 0.05) is 43.6 Å². The fourth-order valence-electron chi connectivity index (χ4n) is 3.36. The topological polar surface area (TPSA) is 91.9 Å². The summed E-state index contributed by atoms with van der Waals surface area (Å²) in [6, 6.07) is 9.43. The number of hydrogen-bond donors (Lipinski definition) is 2. The zero-order valence-electron chi connectivity index (χ0n) is 16.6. The summed E-state index contributed by atoms with van der Waals surface area (Å²) in [5.74, 6) is 2.31. The van der Waals surface area contributed by atoms with Gasteiger partial charge in [-0.25, -0.2) is 14.8 Å². The lowest BCUT2D eigenvalue weighted by molar-refractivity contribution is 0.0564. The summed E-state index contributed by atoms with van der Waals surface area (Å²) in [4.78, 5) is 25.4. The number of morpholine rings is 2. The highest BCUT2D eigenvalue weighted by Gasteiger charge is 2.17. The van der Waals surface area contributed by atoms with Gasteiger partial charge in [-0.1, -0.05) is 6.07 Å². The molecule has 0 aliphatic carbocycles. The van der Waals surface area contributed by atoms with Gasteiger partial charge in [-0.3, -0.25) is 0 Å². The summed E-state index contributed by atoms with van der Waals surface area (Å²) in [6.07, 6.45) is 0. The number of urea groups is 1. The van der Waals surface area contributed by atoms with Crippen LogP contribution in [0.3, 0.4) is 0 Å². The van der Waals surface area contributed by atoms with Gasteiger partial charge in [-0.2, -0.15) is 0 Å². The van der Waals surface area contributed by atoms with Crippen molar-refractivity contribution in [3.8, 4) is 0 Å². The molecule has 9 heteroatoms. The maximum atomic E-state index is 12.4. The van der Waals surface area contributed by atoms with E-state index in [4.69, 9.17) is 9.47 Å². The molecule has 2 fully saturated rings. The fraction of sp³-hybridized carbons (Fsp3) is 0.450. The predicted octanol–water partition coefficient (Wildman–Crippen LogP) is 2.23. The van der Waals surface area contributed by atoms with Crippen molar-refractivity contribution in [2.45, 2.75) is 6.92 Å². The first-order valence-corrected chi connectivity index (χ1v) is 9.86. The second kappa shape index (κ2) is 9.06. The zero-order valence-corrected chi connectivity index (χ0v) is 16.6. The Kier molecular flexibility index (Phi) is 6.06. The Morgan fingerprint density at radius 1 is 0.966 bits per heavy atom. The molecule has 4 rings (SSSR count). The van der Waals surface area contributed by atoms with E-state index in [0.29, 0.717) is 45.3 Å². The Labute approximate surface area is 170 Å². The summed E-state index contributed by atoms with van der Waals surface area (Å²) in [5.41, 5.74) is 1.57. The molecular formula is C20H26N6O3. The van der Waals surface area contributed by atoms with Crippen LogP contribution in [0.2, 0.25) is 0 Å². The third kappa shape index (κ3) is 5.12. The predicted molar refractivity (Wildman–Crippen MR) is 111 cm³/mol. The molecule has 1 aromatic carbocycles. The lowest BCUT2D eigenvalue weighted by Gasteiger charge is -2.28. The number of aromatic nitrogens is 2. The van der Waals surface area contributed by atoms with Crippen LogP contribution in [0.1, 0.15) is 5.82 Å². The first-order valence-electron chi connectivity index (χ1n) is 9.86. The van der Waals surface area contributed by atoms with Gasteiger partial charge in [0.2, 0.25) is 0 Å². The molecule has 0 bridgehead atoms. The van der Waals surface area contributed by atoms with E-state index in [-0.39, 0.29) is 6.03 Å². The number of benzene rings is 1. The summed E-state index contributed by atoms with van der Waals surface area (Å²) >= 11 is 0. The molecule has 0 radical (unpaired) electrons. The second-order valence-corrected chi connectivity index (χ2v) is 6.99. The van der Waals surface area contributed by atoms with Crippen molar-refractivity contribution in [3.05, 3.63) is 36.2 Å². The molecule has 0 unspecified atom stereocenters. The Balaban J connectivity index is 1.44. The molecule has 154 valence electrons. The zero-order chi connectivity index (χ0) is 20.1. The van der Waals surface area contributed by atoms with E-state index in [1.807, 2.05) is 37.3 Å². The lowest BCUT2D eigenvalue weighted by Crippen LogP contribution is -2.43. The number of hydrogen-bond acceptors (Lipinski definition) is 7. The molecule has 29 heavy (non-hydrogen) atoms. The smallest absolute Gasteiger partial charge is 0.322 e. The first kappa shape index (κ1) is 19.4. The third-order valence-corrected chi connectivity index (χ3v) is 4.84. The van der Waals surface area contributed by atoms with Crippen molar-refractivity contribution >= 4 is 29.0 Å². The van der Waals surface area contributed by atoms with Crippen molar-refractivity contribution in [1.82, 2.24) is 14.9 Å². The second-order valence-electron chi connectivity index (χ2n) is 6.99. The molecule has 2 saturated heterocycles. The van der Waals surface area contributed by atoms with E-state index in [9.17, 15) is 4.79 Å². The van der Waals surface area contributed by atoms with E-state index >= 15 is 0 Å². The van der Waals surface area contributed by atoms with Crippen LogP contribution in [-0.2, 0) is 9.47 Å². The first-order chi connectivity index (χ1) is 14.2. The van der Waals surface area contributed by atoms with Crippen LogP contribution in [0.25, 0.3) is 0 Å². The minimum Gasteiger partial charge on any atom is -0.378 e. The lowest BCUT2D eigenvalue weighted by atomic mass is 10.2. The molecule has 0 spiro atoms. The van der Waals surface area contributed by atoms with Crippen molar-refractivity contribution in [2.75, 3.05) is 68.1 Å². The van der Waals surface area contributed by atoms with Crippen LogP contribution in [0.5, 0.6) is 0 Å². The van der Waals surface area contributed by atoms with Crippen LogP contribution >= 0.6 is 0 Å². The van der Waals surface area contributed by atoms with E-state index in [0.717, 1.165) is 36.1 Å².